The van der Waals surface area contributed by atoms with Crippen LogP contribution in [0.1, 0.15) is 51.5 Å². The van der Waals surface area contributed by atoms with Gasteiger partial charge in [-0.15, -0.1) is 0 Å². The second kappa shape index (κ2) is 10.3. The molecule has 0 bridgehead atoms. The molecule has 0 spiro atoms. The maximum atomic E-state index is 13.5. The SMILES string of the molecule is CCOC(=O)c1c(C)c(C(=O)N2CCN(C(=O)OCC)CC2)c(C)n1Cc1ccccc1. The Balaban J connectivity index is 1.89. The molecule has 0 N–H and O–H groups in total. The van der Waals surface area contributed by atoms with Gasteiger partial charge in [0, 0.05) is 38.4 Å². The third kappa shape index (κ3) is 4.79. The van der Waals surface area contributed by atoms with Crippen molar-refractivity contribution in [2.75, 3.05) is 39.4 Å². The van der Waals surface area contributed by atoms with Crippen LogP contribution in [0.2, 0.25) is 0 Å². The van der Waals surface area contributed by atoms with Crippen LogP contribution >= 0.6 is 0 Å². The molecule has 1 fully saturated rings. The second-order valence-electron chi connectivity index (χ2n) is 7.70. The zero-order valence-corrected chi connectivity index (χ0v) is 19.2. The molecule has 32 heavy (non-hydrogen) atoms. The molecule has 2 amide bonds. The zero-order chi connectivity index (χ0) is 23.3. The first-order chi connectivity index (χ1) is 15.4. The number of hydrogen-bond acceptors (Lipinski definition) is 5. The Labute approximate surface area is 188 Å². The fourth-order valence-corrected chi connectivity index (χ4v) is 4.10. The van der Waals surface area contributed by atoms with Gasteiger partial charge < -0.3 is 23.8 Å². The van der Waals surface area contributed by atoms with Crippen molar-refractivity contribution in [2.24, 2.45) is 0 Å². The van der Waals surface area contributed by atoms with Crippen LogP contribution in [-0.4, -0.2) is 71.7 Å². The summed E-state index contributed by atoms with van der Waals surface area (Å²) in [6, 6.07) is 9.80. The summed E-state index contributed by atoms with van der Waals surface area (Å²) < 4.78 is 12.2. The highest BCUT2D eigenvalue weighted by atomic mass is 16.6. The topological polar surface area (TPSA) is 81.1 Å². The lowest BCUT2D eigenvalue weighted by Gasteiger charge is -2.34. The quantitative estimate of drug-likeness (QED) is 0.643. The van der Waals surface area contributed by atoms with Gasteiger partial charge in [0.2, 0.25) is 0 Å². The third-order valence-electron chi connectivity index (χ3n) is 5.73. The molecular weight excluding hydrogens is 410 g/mol. The van der Waals surface area contributed by atoms with E-state index in [0.29, 0.717) is 56.2 Å². The van der Waals surface area contributed by atoms with E-state index in [1.807, 2.05) is 41.8 Å². The third-order valence-corrected chi connectivity index (χ3v) is 5.73. The summed E-state index contributed by atoms with van der Waals surface area (Å²) in [6.45, 7) is 9.88. The lowest BCUT2D eigenvalue weighted by Crippen LogP contribution is -2.50. The first-order valence-electron chi connectivity index (χ1n) is 11.0. The van der Waals surface area contributed by atoms with E-state index in [2.05, 4.69) is 0 Å². The number of ether oxygens (including phenoxy) is 2. The molecule has 1 aliphatic heterocycles. The fraction of sp³-hybridized carbons (Fsp3) is 0.458. The Morgan fingerprint density at radius 3 is 2.06 bits per heavy atom. The highest BCUT2D eigenvalue weighted by molar-refractivity contribution is 6.01. The van der Waals surface area contributed by atoms with Gasteiger partial charge in [-0.2, -0.15) is 0 Å². The molecule has 1 aliphatic rings. The predicted octanol–water partition coefficient (Wildman–Crippen LogP) is 3.24. The Morgan fingerprint density at radius 1 is 0.875 bits per heavy atom. The molecule has 0 aliphatic carbocycles. The van der Waals surface area contributed by atoms with Gasteiger partial charge in [0.25, 0.3) is 5.91 Å². The maximum absolute atomic E-state index is 13.5. The summed E-state index contributed by atoms with van der Waals surface area (Å²) in [5, 5.41) is 0. The smallest absolute Gasteiger partial charge is 0.409 e. The Kier molecular flexibility index (Phi) is 7.56. The monoisotopic (exact) mass is 441 g/mol. The van der Waals surface area contributed by atoms with Gasteiger partial charge in [0.1, 0.15) is 5.69 Å². The minimum absolute atomic E-state index is 0.138. The van der Waals surface area contributed by atoms with Crippen LogP contribution in [0.3, 0.4) is 0 Å². The molecule has 0 saturated carbocycles. The molecule has 3 rings (SSSR count). The average molecular weight is 442 g/mol. The molecule has 2 heterocycles. The molecule has 1 aromatic heterocycles. The van der Waals surface area contributed by atoms with Crippen molar-refractivity contribution in [2.45, 2.75) is 34.2 Å². The fourth-order valence-electron chi connectivity index (χ4n) is 4.10. The molecule has 0 atom stereocenters. The summed E-state index contributed by atoms with van der Waals surface area (Å²) in [4.78, 5) is 41.6. The highest BCUT2D eigenvalue weighted by Crippen LogP contribution is 2.26. The standard InChI is InChI=1S/C24H31N3O5/c1-5-31-23(29)21-17(3)20(18(4)27(21)16-19-10-8-7-9-11-19)22(28)25-12-14-26(15-13-25)24(30)32-6-2/h7-11H,5-6,12-16H2,1-4H3. The van der Waals surface area contributed by atoms with Crippen LogP contribution < -0.4 is 0 Å². The second-order valence-corrected chi connectivity index (χ2v) is 7.70. The van der Waals surface area contributed by atoms with Crippen molar-refractivity contribution < 1.29 is 23.9 Å². The number of aromatic nitrogens is 1. The molecule has 172 valence electrons. The number of benzene rings is 1. The minimum Gasteiger partial charge on any atom is -0.461 e. The van der Waals surface area contributed by atoms with Gasteiger partial charge in [-0.05, 0) is 38.8 Å². The van der Waals surface area contributed by atoms with Gasteiger partial charge >= 0.3 is 12.1 Å². The van der Waals surface area contributed by atoms with Gasteiger partial charge in [-0.1, -0.05) is 30.3 Å². The van der Waals surface area contributed by atoms with Crippen LogP contribution in [0.5, 0.6) is 0 Å². The van der Waals surface area contributed by atoms with Gasteiger partial charge in [0.15, 0.2) is 0 Å². The lowest BCUT2D eigenvalue weighted by atomic mass is 10.1. The molecule has 1 aromatic carbocycles. The summed E-state index contributed by atoms with van der Waals surface area (Å²) >= 11 is 0. The predicted molar refractivity (Wildman–Crippen MR) is 120 cm³/mol. The lowest BCUT2D eigenvalue weighted by molar-refractivity contribution is 0.0513. The summed E-state index contributed by atoms with van der Waals surface area (Å²) in [5.41, 5.74) is 3.30. The van der Waals surface area contributed by atoms with E-state index in [1.54, 1.807) is 30.6 Å². The molecule has 8 nitrogen and oxygen atoms in total. The van der Waals surface area contributed by atoms with Gasteiger partial charge in [-0.25, -0.2) is 9.59 Å². The number of esters is 1. The van der Waals surface area contributed by atoms with Crippen LogP contribution in [0.15, 0.2) is 30.3 Å². The summed E-state index contributed by atoms with van der Waals surface area (Å²) in [6.07, 6.45) is -0.356. The highest BCUT2D eigenvalue weighted by Gasteiger charge is 2.32. The number of hydrogen-bond donors (Lipinski definition) is 0. The Bertz CT molecular complexity index is 975. The van der Waals surface area contributed by atoms with Crippen molar-refractivity contribution in [3.05, 3.63) is 58.4 Å². The average Bonchev–Trinajstić information content (AvgIpc) is 3.03. The number of nitrogens with zero attached hydrogens (tertiary/aromatic N) is 3. The summed E-state index contributed by atoms with van der Waals surface area (Å²) in [7, 11) is 0. The largest absolute Gasteiger partial charge is 0.461 e. The maximum Gasteiger partial charge on any atom is 0.409 e. The van der Waals surface area contributed by atoms with E-state index in [0.717, 1.165) is 11.3 Å². The van der Waals surface area contributed by atoms with Crippen LogP contribution in [-0.2, 0) is 16.0 Å². The minimum atomic E-state index is -0.435. The number of carbonyl (C=O) groups is 3. The molecule has 1 saturated heterocycles. The normalized spacial score (nSPS) is 13.8. The van der Waals surface area contributed by atoms with E-state index in [1.165, 1.54) is 0 Å². The number of carbonyl (C=O) groups excluding carboxylic acids is 3. The van der Waals surface area contributed by atoms with Gasteiger partial charge in [-0.3, -0.25) is 4.79 Å². The van der Waals surface area contributed by atoms with Gasteiger partial charge in [0.05, 0.1) is 18.8 Å². The molecular formula is C24H31N3O5. The van der Waals surface area contributed by atoms with Crippen LogP contribution in [0.25, 0.3) is 0 Å². The molecule has 0 unspecified atom stereocenters. The number of rotatable bonds is 6. The molecule has 8 heteroatoms. The molecule has 0 radical (unpaired) electrons. The van der Waals surface area contributed by atoms with Crippen molar-refractivity contribution in [1.82, 2.24) is 14.4 Å². The Morgan fingerprint density at radius 2 is 1.47 bits per heavy atom. The zero-order valence-electron chi connectivity index (χ0n) is 19.2. The Hall–Kier alpha value is -3.29. The van der Waals surface area contributed by atoms with E-state index in [9.17, 15) is 14.4 Å². The van der Waals surface area contributed by atoms with E-state index in [4.69, 9.17) is 9.47 Å². The molecule has 2 aromatic rings. The van der Waals surface area contributed by atoms with E-state index < -0.39 is 5.97 Å². The van der Waals surface area contributed by atoms with Crippen molar-refractivity contribution in [1.29, 1.82) is 0 Å². The first kappa shape index (κ1) is 23.4. The number of piperazine rings is 1. The van der Waals surface area contributed by atoms with Crippen molar-refractivity contribution >= 4 is 18.0 Å². The van der Waals surface area contributed by atoms with E-state index in [-0.39, 0.29) is 18.6 Å². The van der Waals surface area contributed by atoms with Crippen LogP contribution in [0, 0.1) is 13.8 Å². The number of amides is 2. The van der Waals surface area contributed by atoms with Crippen LogP contribution in [0.4, 0.5) is 4.79 Å². The van der Waals surface area contributed by atoms with Crippen molar-refractivity contribution in [3.63, 3.8) is 0 Å². The first-order valence-corrected chi connectivity index (χ1v) is 11.0. The van der Waals surface area contributed by atoms with E-state index >= 15 is 0 Å². The summed E-state index contributed by atoms with van der Waals surface area (Å²) in [5.74, 6) is -0.573. The van der Waals surface area contributed by atoms with Crippen molar-refractivity contribution in [3.8, 4) is 0 Å².